The molecule has 0 aliphatic carbocycles. The summed E-state index contributed by atoms with van der Waals surface area (Å²) in [6.07, 6.45) is 1.39. The number of nitrogens with zero attached hydrogens (tertiary/aromatic N) is 6. The molecule has 3 aromatic heterocycles. The maximum Gasteiger partial charge on any atom is 0.289 e. The lowest BCUT2D eigenvalue weighted by molar-refractivity contribution is 0.0846. The Kier molecular flexibility index (Phi) is 5.04. The lowest BCUT2D eigenvalue weighted by atomic mass is 10.4. The van der Waals surface area contributed by atoms with Crippen molar-refractivity contribution in [2.24, 2.45) is 0 Å². The Labute approximate surface area is 160 Å². The van der Waals surface area contributed by atoms with Crippen molar-refractivity contribution in [2.75, 3.05) is 31.2 Å². The summed E-state index contributed by atoms with van der Waals surface area (Å²) in [6.45, 7) is 2.76. The molecule has 0 unspecified atom stereocenters. The van der Waals surface area contributed by atoms with Crippen molar-refractivity contribution in [2.45, 2.75) is 0 Å². The summed E-state index contributed by atoms with van der Waals surface area (Å²) in [6, 6.07) is 1.72. The molecular weight excluding hydrogens is 392 g/mol. The fraction of sp³-hybridized carbons (Fsp3) is 0.286. The van der Waals surface area contributed by atoms with Gasteiger partial charge in [0.1, 0.15) is 16.9 Å². The number of thiophene rings is 1. The summed E-state index contributed by atoms with van der Waals surface area (Å²) >= 11 is 2.59. The maximum atomic E-state index is 12.4. The van der Waals surface area contributed by atoms with E-state index in [4.69, 9.17) is 4.74 Å². The van der Waals surface area contributed by atoms with Gasteiger partial charge >= 0.3 is 0 Å². The minimum absolute atomic E-state index is 0.244. The molecule has 0 saturated carbocycles. The Bertz CT molecular complexity index is 932. The van der Waals surface area contributed by atoms with Crippen LogP contribution in [0.25, 0.3) is 5.69 Å². The first kappa shape index (κ1) is 17.5. The van der Waals surface area contributed by atoms with Crippen LogP contribution in [0.1, 0.15) is 20.2 Å². The number of anilines is 1. The van der Waals surface area contributed by atoms with Crippen LogP contribution in [0.4, 0.5) is 5.13 Å². The molecule has 1 fully saturated rings. The molecule has 1 aliphatic heterocycles. The predicted octanol–water partition coefficient (Wildman–Crippen LogP) is 0.0917. The minimum Gasteiger partial charge on any atom is -0.378 e. The van der Waals surface area contributed by atoms with Crippen molar-refractivity contribution in [3.8, 4) is 5.69 Å². The Morgan fingerprint density at radius 1 is 1.15 bits per heavy atom. The molecule has 4 rings (SSSR count). The minimum atomic E-state index is -0.486. The summed E-state index contributed by atoms with van der Waals surface area (Å²) in [5.74, 6) is -0.952. The predicted molar refractivity (Wildman–Crippen MR) is 97.1 cm³/mol. The van der Waals surface area contributed by atoms with Gasteiger partial charge in [-0.15, -0.1) is 27.8 Å². The van der Waals surface area contributed by atoms with E-state index in [-0.39, 0.29) is 5.69 Å². The number of tetrazole rings is 1. The second-order valence-corrected chi connectivity index (χ2v) is 7.17. The van der Waals surface area contributed by atoms with Crippen molar-refractivity contribution in [1.29, 1.82) is 0 Å². The smallest absolute Gasteiger partial charge is 0.289 e. The van der Waals surface area contributed by atoms with E-state index in [2.05, 4.69) is 36.3 Å². The average Bonchev–Trinajstić information content (AvgIpc) is 3.47. The number of carbonyl (C=O) groups excluding carboxylic acids is 2. The van der Waals surface area contributed by atoms with E-state index in [1.54, 1.807) is 16.8 Å². The standard InChI is InChI=1S/C14H14N8O3S2/c23-12(9-7-27-14(16-9)21-2-4-25-5-3-21)17-18-13(24)11-10(1-6-26-11)22-8-15-19-20-22/h1,6-8H,2-5H2,(H,17,23)(H,18,24). The van der Waals surface area contributed by atoms with Crippen molar-refractivity contribution in [3.05, 3.63) is 33.7 Å². The number of nitrogens with one attached hydrogen (secondary N) is 2. The molecule has 11 nitrogen and oxygen atoms in total. The maximum absolute atomic E-state index is 12.4. The number of rotatable bonds is 4. The van der Waals surface area contributed by atoms with E-state index in [0.29, 0.717) is 23.8 Å². The van der Waals surface area contributed by atoms with Crippen LogP contribution in [0, 0.1) is 0 Å². The van der Waals surface area contributed by atoms with Crippen LogP contribution in [0.15, 0.2) is 23.2 Å². The first-order valence-corrected chi connectivity index (χ1v) is 9.68. The van der Waals surface area contributed by atoms with E-state index >= 15 is 0 Å². The van der Waals surface area contributed by atoms with Crippen molar-refractivity contribution in [3.63, 3.8) is 0 Å². The fourth-order valence-electron chi connectivity index (χ4n) is 2.43. The summed E-state index contributed by atoms with van der Waals surface area (Å²) in [5, 5.41) is 15.0. The highest BCUT2D eigenvalue weighted by molar-refractivity contribution is 7.14. The molecule has 1 saturated heterocycles. The highest BCUT2D eigenvalue weighted by atomic mass is 32.1. The summed E-state index contributed by atoms with van der Waals surface area (Å²) < 4.78 is 6.68. The molecule has 0 spiro atoms. The normalized spacial score (nSPS) is 14.1. The topological polar surface area (TPSA) is 127 Å². The van der Waals surface area contributed by atoms with E-state index in [0.717, 1.165) is 18.2 Å². The average molecular weight is 406 g/mol. The van der Waals surface area contributed by atoms with Crippen LogP contribution in [-0.4, -0.2) is 63.3 Å². The van der Waals surface area contributed by atoms with Gasteiger partial charge in [0, 0.05) is 18.5 Å². The third-order valence-electron chi connectivity index (χ3n) is 3.74. The zero-order valence-electron chi connectivity index (χ0n) is 13.9. The van der Waals surface area contributed by atoms with Crippen LogP contribution in [0.2, 0.25) is 0 Å². The molecule has 0 aromatic carbocycles. The lowest BCUT2D eigenvalue weighted by Crippen LogP contribution is -2.42. The Hall–Kier alpha value is -2.90. The van der Waals surface area contributed by atoms with Gasteiger partial charge in [0.05, 0.1) is 18.9 Å². The van der Waals surface area contributed by atoms with Gasteiger partial charge in [-0.05, 0) is 21.9 Å². The van der Waals surface area contributed by atoms with Crippen LogP contribution >= 0.6 is 22.7 Å². The summed E-state index contributed by atoms with van der Waals surface area (Å²) in [5.41, 5.74) is 5.55. The van der Waals surface area contributed by atoms with Gasteiger partial charge in [0.25, 0.3) is 11.8 Å². The molecular formula is C14H14N8O3S2. The van der Waals surface area contributed by atoms with Gasteiger partial charge in [-0.25, -0.2) is 4.98 Å². The quantitative estimate of drug-likeness (QED) is 0.584. The third-order valence-corrected chi connectivity index (χ3v) is 5.55. The van der Waals surface area contributed by atoms with E-state index in [1.807, 2.05) is 0 Å². The number of amides is 2. The Morgan fingerprint density at radius 3 is 2.74 bits per heavy atom. The van der Waals surface area contributed by atoms with Crippen LogP contribution in [-0.2, 0) is 4.74 Å². The molecule has 1 aliphatic rings. The molecule has 0 bridgehead atoms. The van der Waals surface area contributed by atoms with E-state index < -0.39 is 11.8 Å². The number of carbonyl (C=O) groups is 2. The molecule has 140 valence electrons. The second-order valence-electron chi connectivity index (χ2n) is 5.41. The zero-order valence-corrected chi connectivity index (χ0v) is 15.5. The zero-order chi connectivity index (χ0) is 18.6. The van der Waals surface area contributed by atoms with Crippen molar-refractivity contribution < 1.29 is 14.3 Å². The number of aromatic nitrogens is 5. The van der Waals surface area contributed by atoms with Crippen LogP contribution < -0.4 is 15.8 Å². The van der Waals surface area contributed by atoms with E-state index in [1.165, 1.54) is 33.7 Å². The lowest BCUT2D eigenvalue weighted by Gasteiger charge is -2.25. The molecule has 2 amide bonds. The third kappa shape index (κ3) is 3.79. The first-order valence-electron chi connectivity index (χ1n) is 7.92. The molecule has 0 atom stereocenters. The van der Waals surface area contributed by atoms with E-state index in [9.17, 15) is 9.59 Å². The summed E-state index contributed by atoms with van der Waals surface area (Å²) in [7, 11) is 0. The van der Waals surface area contributed by atoms with Gasteiger partial charge < -0.3 is 9.64 Å². The van der Waals surface area contributed by atoms with Crippen LogP contribution in [0.3, 0.4) is 0 Å². The van der Waals surface area contributed by atoms with Crippen LogP contribution in [0.5, 0.6) is 0 Å². The van der Waals surface area contributed by atoms with Gasteiger partial charge in [0.15, 0.2) is 5.13 Å². The molecule has 3 aromatic rings. The molecule has 27 heavy (non-hydrogen) atoms. The Balaban J connectivity index is 1.38. The SMILES string of the molecule is O=C(NNC(=O)c1sccc1-n1cnnn1)c1csc(N2CCOCC2)n1. The highest BCUT2D eigenvalue weighted by Crippen LogP contribution is 2.22. The molecule has 2 N–H and O–H groups in total. The highest BCUT2D eigenvalue weighted by Gasteiger charge is 2.19. The number of morpholine rings is 1. The summed E-state index contributed by atoms with van der Waals surface area (Å²) in [4.78, 5) is 31.4. The number of ether oxygens (including phenoxy) is 1. The first-order chi connectivity index (χ1) is 13.2. The second kappa shape index (κ2) is 7.77. The number of hydrogen-bond donors (Lipinski definition) is 2. The number of hydrogen-bond acceptors (Lipinski definition) is 10. The van der Waals surface area contributed by atoms with Gasteiger partial charge in [0.2, 0.25) is 0 Å². The fourth-order valence-corrected chi connectivity index (χ4v) is 4.06. The van der Waals surface area contributed by atoms with Crippen molar-refractivity contribution in [1.82, 2.24) is 36.0 Å². The molecule has 13 heteroatoms. The molecule has 4 heterocycles. The molecule has 0 radical (unpaired) electrons. The van der Waals surface area contributed by atoms with Gasteiger partial charge in [-0.2, -0.15) is 4.68 Å². The van der Waals surface area contributed by atoms with Crippen molar-refractivity contribution >= 4 is 39.6 Å². The monoisotopic (exact) mass is 406 g/mol. The largest absolute Gasteiger partial charge is 0.378 e. The Morgan fingerprint density at radius 2 is 1.96 bits per heavy atom. The van der Waals surface area contributed by atoms with Gasteiger partial charge in [-0.3, -0.25) is 20.4 Å². The number of thiazole rings is 1. The number of hydrazine groups is 1. The van der Waals surface area contributed by atoms with Gasteiger partial charge in [-0.1, -0.05) is 0 Å².